The fraction of sp³-hybridized carbons (Fsp3) is 0.408. The molecule has 0 nitrogen and oxygen atoms in total. The van der Waals surface area contributed by atoms with Crippen molar-refractivity contribution in [3.63, 3.8) is 0 Å². The van der Waals surface area contributed by atoms with E-state index in [0.29, 0.717) is 0 Å². The van der Waals surface area contributed by atoms with Gasteiger partial charge in [0.25, 0.3) is 0 Å². The first-order chi connectivity index (χ1) is 24.1. The molecule has 1 atom stereocenters. The summed E-state index contributed by atoms with van der Waals surface area (Å²) in [6.07, 6.45) is 9.58. The van der Waals surface area contributed by atoms with Crippen LogP contribution in [-0.4, -0.2) is 4.21 Å². The summed E-state index contributed by atoms with van der Waals surface area (Å²) < 4.78 is 11.7. The van der Waals surface area contributed by atoms with Crippen molar-refractivity contribution in [2.75, 3.05) is 0 Å². The molecule has 54 heavy (non-hydrogen) atoms. The molecule has 2 aliphatic carbocycles. The molecule has 5 heteroatoms. The van der Waals surface area contributed by atoms with Gasteiger partial charge in [0.2, 0.25) is 0 Å². The molecule has 0 aliphatic heterocycles. The molecule has 0 bridgehead atoms. The fourth-order valence-corrected chi connectivity index (χ4v) is 27.4. The number of allylic oxidation sites excluding steroid dienone is 4. The number of hydrogen-bond donors (Lipinski definition) is 0. The van der Waals surface area contributed by atoms with Crippen LogP contribution in [0.2, 0.25) is 10.0 Å². The van der Waals surface area contributed by atoms with Crippen LogP contribution in [0.15, 0.2) is 87.7 Å². The molecular formula is C49H62Cl4Zr. The molecule has 0 amide bonds. The van der Waals surface area contributed by atoms with E-state index in [1.54, 1.807) is 3.28 Å². The quantitative estimate of drug-likeness (QED) is 0.153. The Kier molecular flexibility index (Phi) is 13.0. The molecule has 6 rings (SSSR count). The van der Waals surface area contributed by atoms with E-state index >= 15 is 0 Å². The Morgan fingerprint density at radius 3 is 1.67 bits per heavy atom. The van der Waals surface area contributed by atoms with Crippen LogP contribution in [0.25, 0.3) is 11.1 Å². The van der Waals surface area contributed by atoms with Gasteiger partial charge in [0.1, 0.15) is 0 Å². The van der Waals surface area contributed by atoms with Gasteiger partial charge in [-0.15, -0.1) is 24.8 Å². The third kappa shape index (κ3) is 7.42. The average molecular weight is 884 g/mol. The fourth-order valence-electron chi connectivity index (χ4n) is 9.84. The monoisotopic (exact) mass is 880 g/mol. The van der Waals surface area contributed by atoms with Crippen LogP contribution in [0.5, 0.6) is 0 Å². The average Bonchev–Trinajstić information content (AvgIpc) is 3.64. The van der Waals surface area contributed by atoms with Crippen molar-refractivity contribution in [2.24, 2.45) is 11.3 Å². The predicted molar refractivity (Wildman–Crippen MR) is 244 cm³/mol. The van der Waals surface area contributed by atoms with Crippen LogP contribution in [0, 0.1) is 25.2 Å². The van der Waals surface area contributed by atoms with Crippen LogP contribution in [-0.2, 0) is 35.5 Å². The number of hydrogen-bond acceptors (Lipinski definition) is 0. The van der Waals surface area contributed by atoms with E-state index < -0.39 is 18.3 Å². The van der Waals surface area contributed by atoms with Crippen molar-refractivity contribution >= 4 is 62.0 Å². The number of unbranched alkanes of at least 4 members (excludes halogenated alkanes) is 1. The summed E-state index contributed by atoms with van der Waals surface area (Å²) in [6, 6.07) is 25.3. The molecule has 4 aromatic carbocycles. The zero-order chi connectivity index (χ0) is 38.2. The van der Waals surface area contributed by atoms with E-state index in [2.05, 4.69) is 162 Å². The first kappa shape index (κ1) is 45.0. The van der Waals surface area contributed by atoms with E-state index in [-0.39, 0.29) is 47.0 Å². The van der Waals surface area contributed by atoms with Crippen molar-refractivity contribution in [3.05, 3.63) is 131 Å². The van der Waals surface area contributed by atoms with Crippen molar-refractivity contribution in [3.8, 4) is 11.1 Å². The summed E-state index contributed by atoms with van der Waals surface area (Å²) in [5.74, 6) is 0.288. The summed E-state index contributed by atoms with van der Waals surface area (Å²) in [5.41, 5.74) is 12.7. The van der Waals surface area contributed by atoms with Gasteiger partial charge in [0.15, 0.2) is 0 Å². The molecule has 4 aromatic rings. The van der Waals surface area contributed by atoms with Gasteiger partial charge >= 0.3 is 329 Å². The Morgan fingerprint density at radius 1 is 0.704 bits per heavy atom. The van der Waals surface area contributed by atoms with E-state index in [1.807, 2.05) is 0 Å². The minimum absolute atomic E-state index is 0. The van der Waals surface area contributed by atoms with Gasteiger partial charge in [-0.1, -0.05) is 0 Å². The molecule has 0 aromatic heterocycles. The maximum atomic E-state index is 6.76. The van der Waals surface area contributed by atoms with Crippen LogP contribution < -0.4 is 9.81 Å². The number of halogens is 4. The number of benzene rings is 4. The second-order valence-corrected chi connectivity index (χ2v) is 32.7. The molecule has 0 saturated heterocycles. The van der Waals surface area contributed by atoms with Gasteiger partial charge in [-0.3, -0.25) is 0 Å². The Bertz CT molecular complexity index is 2130. The second kappa shape index (κ2) is 15.6. The molecule has 0 spiro atoms. The number of fused-ring (bicyclic) bond motifs is 3. The topological polar surface area (TPSA) is 0 Å². The standard InChI is InChI=1S/C23H29.C13H21.2C6H4Cl.CH2.2ClH.Zr/c1-14-9-16-11-17-10-15(2)21(23(6,7)8)13-19(17)18(16)12-20(14)22(3,4)5;1-5-6-7-11-8-9-12(10-11)13(2,3)4;2*7-6-4-2-1-3-5-6;;;;/h9,12-13H,11H2,1-8H3;9-11H,5-7H2,1-4H3;2*2-5H;1H2;2*1H;. The van der Waals surface area contributed by atoms with Gasteiger partial charge in [0.05, 0.1) is 0 Å². The molecule has 2 aliphatic rings. The van der Waals surface area contributed by atoms with Crippen molar-refractivity contribution < 1.29 is 18.3 Å². The first-order valence-electron chi connectivity index (χ1n) is 19.4. The summed E-state index contributed by atoms with van der Waals surface area (Å²) in [7, 11) is 0. The third-order valence-corrected chi connectivity index (χ3v) is 29.6. The van der Waals surface area contributed by atoms with Gasteiger partial charge in [-0.05, 0) is 0 Å². The Morgan fingerprint density at radius 2 is 1.20 bits per heavy atom. The zero-order valence-corrected chi connectivity index (χ0v) is 40.3. The molecule has 0 heterocycles. The van der Waals surface area contributed by atoms with Gasteiger partial charge in [-0.25, -0.2) is 0 Å². The van der Waals surface area contributed by atoms with E-state index in [0.717, 1.165) is 29.3 Å². The van der Waals surface area contributed by atoms with E-state index in [4.69, 9.17) is 27.4 Å². The molecular weight excluding hydrogens is 822 g/mol. The summed E-state index contributed by atoms with van der Waals surface area (Å²) in [5, 5.41) is 1.51. The van der Waals surface area contributed by atoms with Gasteiger partial charge < -0.3 is 0 Å². The zero-order valence-electron chi connectivity index (χ0n) is 34.7. The first-order valence-corrected chi connectivity index (χ1v) is 26.8. The summed E-state index contributed by atoms with van der Waals surface area (Å²) >= 11 is 8.27. The molecule has 290 valence electrons. The second-order valence-electron chi connectivity index (χ2n) is 19.1. The van der Waals surface area contributed by atoms with Crippen molar-refractivity contribution in [1.29, 1.82) is 0 Å². The Labute approximate surface area is 350 Å². The molecule has 0 radical (unpaired) electrons. The number of rotatable bonds is 7. The van der Waals surface area contributed by atoms with Crippen LogP contribution >= 0.6 is 48.0 Å². The summed E-state index contributed by atoms with van der Waals surface area (Å²) in [6.45, 7) is 28.3. The minimum atomic E-state index is -5.25. The predicted octanol–water partition coefficient (Wildman–Crippen LogP) is 13.7. The molecule has 1 unspecified atom stereocenters. The van der Waals surface area contributed by atoms with Crippen LogP contribution in [0.4, 0.5) is 0 Å². The molecule has 0 saturated carbocycles. The SMILES string of the molecule is Cl.Cl.[CH2]=[Zr]([C]1=CC(C(C)(C)C)=CC1CCCC)([c]1ccc(Cl)cc1)([c]1ccc(Cl)cc1)[c]1c(C)c(C(C)(C)C)cc2c1Cc1cc(C)c(C(C)(C)C)cc1-2. The third-order valence-electron chi connectivity index (χ3n) is 12.4. The van der Waals surface area contributed by atoms with Crippen molar-refractivity contribution in [1.82, 2.24) is 0 Å². The Hall–Kier alpha value is -1.73. The van der Waals surface area contributed by atoms with Crippen LogP contribution in [0.3, 0.4) is 0 Å². The van der Waals surface area contributed by atoms with Gasteiger partial charge in [-0.2, -0.15) is 0 Å². The van der Waals surface area contributed by atoms with E-state index in [9.17, 15) is 0 Å². The normalized spacial score (nSPS) is 15.9. The maximum absolute atomic E-state index is 6.76. The molecule has 0 N–H and O–H groups in total. The van der Waals surface area contributed by atoms with Crippen LogP contribution in [0.1, 0.15) is 122 Å². The summed E-state index contributed by atoms with van der Waals surface area (Å²) in [4.78, 5) is 0. The molecule has 0 fully saturated rings. The van der Waals surface area contributed by atoms with E-state index in [1.165, 1.54) is 66.3 Å². The van der Waals surface area contributed by atoms with Gasteiger partial charge in [0, 0.05) is 0 Å². The number of aryl methyl sites for hydroxylation is 1. The Balaban J connectivity index is 0.00000325. The van der Waals surface area contributed by atoms with Crippen molar-refractivity contribution in [2.45, 2.75) is 120 Å².